The molecule has 0 aliphatic carbocycles. The highest BCUT2D eigenvalue weighted by Gasteiger charge is 2.26. The normalized spacial score (nSPS) is 18.0. The fourth-order valence-corrected chi connectivity index (χ4v) is 5.11. The van der Waals surface area contributed by atoms with E-state index in [4.69, 9.17) is 14.8 Å². The van der Waals surface area contributed by atoms with Crippen LogP contribution in [0.15, 0.2) is 54.7 Å². The molecule has 2 aliphatic rings. The molecule has 1 unspecified atom stereocenters. The summed E-state index contributed by atoms with van der Waals surface area (Å²) >= 11 is 0. The van der Waals surface area contributed by atoms with Gasteiger partial charge in [0.05, 0.1) is 17.1 Å². The summed E-state index contributed by atoms with van der Waals surface area (Å²) < 4.78 is 8.00. The average Bonchev–Trinajstić information content (AvgIpc) is 3.61. The molecule has 0 spiro atoms. The molecule has 2 N–H and O–H groups in total. The van der Waals surface area contributed by atoms with Gasteiger partial charge in [-0.25, -0.2) is 19.4 Å². The fourth-order valence-electron chi connectivity index (χ4n) is 5.11. The molecule has 1 aromatic carbocycles. The van der Waals surface area contributed by atoms with Crippen molar-refractivity contribution in [1.82, 2.24) is 25.1 Å². The minimum Gasteiger partial charge on any atom is -0.477 e. The summed E-state index contributed by atoms with van der Waals surface area (Å²) in [6.45, 7) is 3.15. The van der Waals surface area contributed by atoms with E-state index in [1.165, 1.54) is 0 Å². The third kappa shape index (κ3) is 4.53. The molecule has 38 heavy (non-hydrogen) atoms. The summed E-state index contributed by atoms with van der Waals surface area (Å²) in [7, 11) is 0. The SMILES string of the molecule is N#CC1CCN(c2ccc(-c3cc(C(=O)O)nc4c3c(OC3CCNC3)nn4-c3ccccc3)cn2)CC1. The number of fused-ring (bicyclic) bond motifs is 1. The number of pyridine rings is 2. The average molecular weight is 510 g/mol. The van der Waals surface area contributed by atoms with Crippen LogP contribution in [0.25, 0.3) is 27.8 Å². The zero-order valence-electron chi connectivity index (χ0n) is 20.7. The first-order valence-corrected chi connectivity index (χ1v) is 12.8. The van der Waals surface area contributed by atoms with Crippen LogP contribution in [0.1, 0.15) is 29.8 Å². The van der Waals surface area contributed by atoms with Crippen LogP contribution in [-0.4, -0.2) is 63.1 Å². The molecule has 6 rings (SSSR count). The number of carbonyl (C=O) groups is 1. The molecule has 2 saturated heterocycles. The van der Waals surface area contributed by atoms with Crippen LogP contribution >= 0.6 is 0 Å². The number of nitrogens with zero attached hydrogens (tertiary/aromatic N) is 6. The number of hydrogen-bond acceptors (Lipinski definition) is 8. The van der Waals surface area contributed by atoms with Crippen LogP contribution < -0.4 is 15.0 Å². The maximum absolute atomic E-state index is 12.1. The van der Waals surface area contributed by atoms with E-state index in [9.17, 15) is 15.2 Å². The van der Waals surface area contributed by atoms with Crippen molar-refractivity contribution in [3.8, 4) is 28.8 Å². The van der Waals surface area contributed by atoms with Crippen molar-refractivity contribution in [2.45, 2.75) is 25.4 Å². The first-order valence-electron chi connectivity index (χ1n) is 12.8. The number of rotatable bonds is 6. The van der Waals surface area contributed by atoms with Gasteiger partial charge in [-0.1, -0.05) is 18.2 Å². The van der Waals surface area contributed by atoms with Crippen molar-refractivity contribution in [1.29, 1.82) is 5.26 Å². The summed E-state index contributed by atoms with van der Waals surface area (Å²) in [6.07, 6.45) is 4.22. The molecule has 4 aromatic rings. The first kappa shape index (κ1) is 23.9. The first-order chi connectivity index (χ1) is 18.6. The van der Waals surface area contributed by atoms with E-state index < -0.39 is 5.97 Å². The van der Waals surface area contributed by atoms with Crippen LogP contribution in [0.2, 0.25) is 0 Å². The second-order valence-electron chi connectivity index (χ2n) is 9.64. The number of piperidine rings is 1. The van der Waals surface area contributed by atoms with Gasteiger partial charge in [0.2, 0.25) is 5.88 Å². The molecular weight excluding hydrogens is 482 g/mol. The molecule has 10 nitrogen and oxygen atoms in total. The molecule has 3 aromatic heterocycles. The maximum Gasteiger partial charge on any atom is 0.354 e. The number of ether oxygens (including phenoxy) is 1. The van der Waals surface area contributed by atoms with E-state index in [0.717, 1.165) is 56.0 Å². The quantitative estimate of drug-likeness (QED) is 0.400. The highest BCUT2D eigenvalue weighted by Crippen LogP contribution is 2.37. The number of aromatic carboxylic acids is 1. The molecule has 10 heteroatoms. The van der Waals surface area contributed by atoms with Gasteiger partial charge in [0.25, 0.3) is 0 Å². The van der Waals surface area contributed by atoms with Gasteiger partial charge in [0, 0.05) is 42.9 Å². The minimum atomic E-state index is -1.12. The van der Waals surface area contributed by atoms with Gasteiger partial charge < -0.3 is 20.1 Å². The molecule has 0 bridgehead atoms. The number of anilines is 1. The zero-order valence-corrected chi connectivity index (χ0v) is 20.7. The number of nitrogens with one attached hydrogen (secondary N) is 1. The lowest BCUT2D eigenvalue weighted by Crippen LogP contribution is -2.33. The summed E-state index contributed by atoms with van der Waals surface area (Å²) in [5.74, 6) is 0.225. The van der Waals surface area contributed by atoms with Crippen molar-refractivity contribution in [3.05, 3.63) is 60.4 Å². The molecule has 0 amide bonds. The number of hydrogen-bond donors (Lipinski definition) is 2. The lowest BCUT2D eigenvalue weighted by atomic mass is 9.98. The number of benzene rings is 1. The van der Waals surface area contributed by atoms with E-state index in [1.807, 2.05) is 42.5 Å². The predicted octanol–water partition coefficient (Wildman–Crippen LogP) is 3.66. The maximum atomic E-state index is 12.1. The minimum absolute atomic E-state index is 0.0406. The Morgan fingerprint density at radius 2 is 1.95 bits per heavy atom. The summed E-state index contributed by atoms with van der Waals surface area (Å²) in [5.41, 5.74) is 2.48. The Labute approximate surface area is 219 Å². The third-order valence-corrected chi connectivity index (χ3v) is 7.18. The standard InChI is InChI=1S/C28H27N7O3/c29-15-18-9-12-34(13-10-18)24-7-6-19(16-31-24)22-14-23(28(36)37)32-26-25(22)27(38-21-8-11-30-17-21)33-35(26)20-4-2-1-3-5-20/h1-7,14,16,18,21,30H,8-13,17H2,(H,36,37). The Balaban J connectivity index is 1.46. The van der Waals surface area contributed by atoms with Gasteiger partial charge in [-0.3, -0.25) is 0 Å². The Bertz CT molecular complexity index is 1500. The smallest absolute Gasteiger partial charge is 0.354 e. The van der Waals surface area contributed by atoms with E-state index in [0.29, 0.717) is 29.0 Å². The summed E-state index contributed by atoms with van der Waals surface area (Å²) in [5, 5.41) is 27.8. The van der Waals surface area contributed by atoms with Crippen molar-refractivity contribution in [2.75, 3.05) is 31.1 Å². The summed E-state index contributed by atoms with van der Waals surface area (Å²) in [6, 6.07) is 17.3. The van der Waals surface area contributed by atoms with Crippen LogP contribution in [-0.2, 0) is 0 Å². The van der Waals surface area contributed by atoms with Crippen molar-refractivity contribution >= 4 is 22.8 Å². The number of carboxylic acids is 1. The zero-order chi connectivity index (χ0) is 26.1. The van der Waals surface area contributed by atoms with Gasteiger partial charge in [-0.05, 0) is 56.1 Å². The Hall–Kier alpha value is -4.49. The molecule has 5 heterocycles. The topological polar surface area (TPSA) is 129 Å². The van der Waals surface area contributed by atoms with Crippen LogP contribution in [0, 0.1) is 17.2 Å². The summed E-state index contributed by atoms with van der Waals surface area (Å²) in [4.78, 5) is 23.5. The Morgan fingerprint density at radius 3 is 2.61 bits per heavy atom. The van der Waals surface area contributed by atoms with Crippen LogP contribution in [0.5, 0.6) is 5.88 Å². The van der Waals surface area contributed by atoms with Crippen molar-refractivity contribution < 1.29 is 14.6 Å². The van der Waals surface area contributed by atoms with Gasteiger partial charge in [0.15, 0.2) is 11.3 Å². The molecule has 0 radical (unpaired) electrons. The van der Waals surface area contributed by atoms with Gasteiger partial charge in [-0.15, -0.1) is 5.10 Å². The third-order valence-electron chi connectivity index (χ3n) is 7.18. The second-order valence-corrected chi connectivity index (χ2v) is 9.64. The lowest BCUT2D eigenvalue weighted by Gasteiger charge is -2.30. The van der Waals surface area contributed by atoms with E-state index in [1.54, 1.807) is 16.9 Å². The van der Waals surface area contributed by atoms with Crippen LogP contribution in [0.4, 0.5) is 5.82 Å². The van der Waals surface area contributed by atoms with E-state index in [-0.39, 0.29) is 17.7 Å². The second kappa shape index (κ2) is 10.1. The number of para-hydroxylation sites is 1. The highest BCUT2D eigenvalue weighted by atomic mass is 16.5. The monoisotopic (exact) mass is 509 g/mol. The number of aromatic nitrogens is 4. The van der Waals surface area contributed by atoms with Gasteiger partial charge in [-0.2, -0.15) is 5.26 Å². The lowest BCUT2D eigenvalue weighted by molar-refractivity contribution is 0.0691. The van der Waals surface area contributed by atoms with Crippen LogP contribution in [0.3, 0.4) is 0 Å². The number of carboxylic acid groups (broad SMARTS) is 1. The highest BCUT2D eigenvalue weighted by molar-refractivity contribution is 6.01. The van der Waals surface area contributed by atoms with Gasteiger partial charge in [0.1, 0.15) is 11.9 Å². The van der Waals surface area contributed by atoms with Gasteiger partial charge >= 0.3 is 5.97 Å². The molecule has 2 aliphatic heterocycles. The largest absolute Gasteiger partial charge is 0.477 e. The molecule has 2 fully saturated rings. The predicted molar refractivity (Wildman–Crippen MR) is 142 cm³/mol. The van der Waals surface area contributed by atoms with Crippen molar-refractivity contribution in [2.24, 2.45) is 5.92 Å². The molecule has 0 saturated carbocycles. The molecule has 1 atom stereocenters. The van der Waals surface area contributed by atoms with E-state index >= 15 is 0 Å². The Morgan fingerprint density at radius 1 is 1.13 bits per heavy atom. The molecule has 192 valence electrons. The number of nitriles is 1. The van der Waals surface area contributed by atoms with Crippen molar-refractivity contribution in [3.63, 3.8) is 0 Å². The molecular formula is C28H27N7O3. The Kier molecular flexibility index (Phi) is 6.35. The van der Waals surface area contributed by atoms with E-state index in [2.05, 4.69) is 21.3 Å². The fraction of sp³-hybridized carbons (Fsp3) is 0.321.